The molecule has 5 nitrogen and oxygen atoms in total. The summed E-state index contributed by atoms with van der Waals surface area (Å²) < 4.78 is 24.3. The first-order chi connectivity index (χ1) is 13.5. The van der Waals surface area contributed by atoms with E-state index in [1.54, 1.807) is 43.9 Å². The van der Waals surface area contributed by atoms with Gasteiger partial charge >= 0.3 is 0 Å². The molecule has 1 aromatic heterocycles. The van der Waals surface area contributed by atoms with Gasteiger partial charge < -0.3 is 9.47 Å². The van der Waals surface area contributed by atoms with Crippen LogP contribution in [-0.2, 0) is 4.79 Å². The summed E-state index contributed by atoms with van der Waals surface area (Å²) >= 11 is 4.72. The second-order valence-electron chi connectivity index (χ2n) is 5.61. The summed E-state index contributed by atoms with van der Waals surface area (Å²) in [7, 11) is 3.10. The summed E-state index contributed by atoms with van der Waals surface area (Å²) in [5.41, 5.74) is 2.22. The summed E-state index contributed by atoms with van der Waals surface area (Å²) in [4.78, 5) is 16.5. The van der Waals surface area contributed by atoms with Crippen LogP contribution in [0.3, 0.4) is 0 Å². The van der Waals surface area contributed by atoms with Crippen LogP contribution in [0.2, 0.25) is 0 Å². The second kappa shape index (κ2) is 8.99. The zero-order chi connectivity index (χ0) is 20.1. The van der Waals surface area contributed by atoms with Crippen molar-refractivity contribution >= 4 is 44.4 Å². The van der Waals surface area contributed by atoms with E-state index < -0.39 is 0 Å². The molecular weight excluding hydrogens is 447 g/mol. The van der Waals surface area contributed by atoms with Gasteiger partial charge in [-0.05, 0) is 64.0 Å². The molecule has 0 aliphatic carbocycles. The minimum atomic E-state index is -0.314. The van der Waals surface area contributed by atoms with Crippen LogP contribution >= 0.6 is 27.3 Å². The van der Waals surface area contributed by atoms with Crippen molar-refractivity contribution in [2.75, 3.05) is 19.5 Å². The molecule has 3 rings (SSSR count). The Morgan fingerprint density at radius 3 is 2.64 bits per heavy atom. The Morgan fingerprint density at radius 1 is 1.21 bits per heavy atom. The predicted molar refractivity (Wildman–Crippen MR) is 112 cm³/mol. The smallest absolute Gasteiger partial charge is 0.250 e. The van der Waals surface area contributed by atoms with Gasteiger partial charge in [0.1, 0.15) is 5.82 Å². The lowest BCUT2D eigenvalue weighted by Crippen LogP contribution is -2.07. The molecule has 0 aliphatic rings. The lowest BCUT2D eigenvalue weighted by molar-refractivity contribution is -0.111. The van der Waals surface area contributed by atoms with Crippen LogP contribution < -0.4 is 14.8 Å². The number of benzene rings is 2. The Hall–Kier alpha value is -2.71. The zero-order valence-corrected chi connectivity index (χ0v) is 17.4. The van der Waals surface area contributed by atoms with Gasteiger partial charge in [-0.25, -0.2) is 9.37 Å². The number of methoxy groups -OCH3 is 2. The maximum atomic E-state index is 13.0. The van der Waals surface area contributed by atoms with Gasteiger partial charge in [0.05, 0.1) is 24.4 Å². The zero-order valence-electron chi connectivity index (χ0n) is 15.0. The molecule has 8 heteroatoms. The van der Waals surface area contributed by atoms with Crippen molar-refractivity contribution in [3.05, 3.63) is 63.7 Å². The fraction of sp³-hybridized carbons (Fsp3) is 0.100. The number of carbonyl (C=O) groups is 1. The first-order valence-corrected chi connectivity index (χ1v) is 9.79. The normalized spacial score (nSPS) is 10.9. The van der Waals surface area contributed by atoms with Crippen molar-refractivity contribution < 1.29 is 18.7 Å². The molecule has 0 fully saturated rings. The van der Waals surface area contributed by atoms with Crippen molar-refractivity contribution in [1.29, 1.82) is 0 Å². The van der Waals surface area contributed by atoms with Crippen LogP contribution in [0.5, 0.6) is 11.5 Å². The summed E-state index contributed by atoms with van der Waals surface area (Å²) in [6.07, 6.45) is 3.07. The molecule has 1 N–H and O–H groups in total. The van der Waals surface area contributed by atoms with Gasteiger partial charge in [-0.2, -0.15) is 0 Å². The topological polar surface area (TPSA) is 60.5 Å². The van der Waals surface area contributed by atoms with Crippen molar-refractivity contribution in [2.24, 2.45) is 0 Å². The molecule has 0 radical (unpaired) electrons. The third-order valence-corrected chi connectivity index (χ3v) is 5.10. The third kappa shape index (κ3) is 4.76. The van der Waals surface area contributed by atoms with E-state index in [1.165, 1.54) is 29.5 Å². The number of amides is 1. The number of ether oxygens (including phenoxy) is 2. The molecule has 0 spiro atoms. The molecule has 3 aromatic rings. The highest BCUT2D eigenvalue weighted by molar-refractivity contribution is 9.10. The van der Waals surface area contributed by atoms with Crippen molar-refractivity contribution in [1.82, 2.24) is 4.98 Å². The summed E-state index contributed by atoms with van der Waals surface area (Å²) in [6, 6.07) is 9.62. The molecule has 0 aliphatic heterocycles. The number of halogens is 2. The highest BCUT2D eigenvalue weighted by Gasteiger charge is 2.10. The van der Waals surface area contributed by atoms with E-state index in [0.717, 1.165) is 15.6 Å². The Kier molecular flexibility index (Phi) is 6.43. The van der Waals surface area contributed by atoms with E-state index in [1.807, 2.05) is 6.07 Å². The molecule has 1 heterocycles. The van der Waals surface area contributed by atoms with Crippen LogP contribution in [-0.4, -0.2) is 25.1 Å². The van der Waals surface area contributed by atoms with Crippen LogP contribution in [0.4, 0.5) is 9.52 Å². The molecule has 1 amide bonds. The van der Waals surface area contributed by atoms with Gasteiger partial charge in [0.2, 0.25) is 5.91 Å². The molecule has 0 saturated carbocycles. The highest BCUT2D eigenvalue weighted by Crippen LogP contribution is 2.36. The molecule has 28 heavy (non-hydrogen) atoms. The minimum absolute atomic E-state index is 0.306. The summed E-state index contributed by atoms with van der Waals surface area (Å²) in [6.45, 7) is 0. The number of hydrogen-bond acceptors (Lipinski definition) is 5. The predicted octanol–water partition coefficient (Wildman–Crippen LogP) is 5.38. The number of hydrogen-bond donors (Lipinski definition) is 1. The number of anilines is 1. The first-order valence-electron chi connectivity index (χ1n) is 8.12. The monoisotopic (exact) mass is 462 g/mol. The standard InChI is InChI=1S/C20H16BrFN2O3S/c1-26-17-10-12(9-15(21)19(17)27-2)3-8-18(25)24-20-23-16(11-28-20)13-4-6-14(22)7-5-13/h3-11H,1-2H3,(H,23,24,25). The van der Waals surface area contributed by atoms with Gasteiger partial charge in [0.25, 0.3) is 0 Å². The number of aromatic nitrogens is 1. The quantitative estimate of drug-likeness (QED) is 0.499. The van der Waals surface area contributed by atoms with E-state index in [9.17, 15) is 9.18 Å². The number of thiazole rings is 1. The van der Waals surface area contributed by atoms with E-state index >= 15 is 0 Å². The van der Waals surface area contributed by atoms with Gasteiger partial charge in [0.15, 0.2) is 16.6 Å². The van der Waals surface area contributed by atoms with Crippen LogP contribution in [0.1, 0.15) is 5.56 Å². The molecule has 0 atom stereocenters. The minimum Gasteiger partial charge on any atom is -0.493 e. The van der Waals surface area contributed by atoms with E-state index in [4.69, 9.17) is 9.47 Å². The Bertz CT molecular complexity index is 1020. The van der Waals surface area contributed by atoms with Crippen LogP contribution in [0.15, 0.2) is 52.3 Å². The fourth-order valence-electron chi connectivity index (χ4n) is 2.44. The fourth-order valence-corrected chi connectivity index (χ4v) is 3.78. The molecular formula is C20H16BrFN2O3S. The van der Waals surface area contributed by atoms with Crippen LogP contribution in [0, 0.1) is 5.82 Å². The molecule has 0 unspecified atom stereocenters. The van der Waals surface area contributed by atoms with Gasteiger partial charge in [0, 0.05) is 17.0 Å². The lowest BCUT2D eigenvalue weighted by atomic mass is 10.2. The summed E-state index contributed by atoms with van der Waals surface area (Å²) in [5.74, 6) is 0.520. The molecule has 144 valence electrons. The average Bonchev–Trinajstić information content (AvgIpc) is 3.14. The SMILES string of the molecule is COc1cc(C=CC(=O)Nc2nc(-c3ccc(F)cc3)cs2)cc(Br)c1OC. The number of nitrogens with one attached hydrogen (secondary N) is 1. The van der Waals surface area contributed by atoms with E-state index in [-0.39, 0.29) is 11.7 Å². The van der Waals surface area contributed by atoms with Gasteiger partial charge in [-0.3, -0.25) is 10.1 Å². The Balaban J connectivity index is 1.69. The largest absolute Gasteiger partial charge is 0.493 e. The highest BCUT2D eigenvalue weighted by atomic mass is 79.9. The number of rotatable bonds is 6. The maximum Gasteiger partial charge on any atom is 0.250 e. The van der Waals surface area contributed by atoms with E-state index in [0.29, 0.717) is 22.3 Å². The first kappa shape index (κ1) is 20.0. The molecule has 0 saturated heterocycles. The van der Waals surface area contributed by atoms with Gasteiger partial charge in [-0.15, -0.1) is 11.3 Å². The molecule has 0 bridgehead atoms. The number of carbonyl (C=O) groups excluding carboxylic acids is 1. The summed E-state index contributed by atoms with van der Waals surface area (Å²) in [5, 5.41) is 4.98. The van der Waals surface area contributed by atoms with Crippen LogP contribution in [0.25, 0.3) is 17.3 Å². The Morgan fingerprint density at radius 2 is 1.96 bits per heavy atom. The van der Waals surface area contributed by atoms with E-state index in [2.05, 4.69) is 26.2 Å². The lowest BCUT2D eigenvalue weighted by Gasteiger charge is -2.10. The third-order valence-electron chi connectivity index (χ3n) is 3.76. The van der Waals surface area contributed by atoms with Crippen molar-refractivity contribution in [3.63, 3.8) is 0 Å². The Labute approximate surface area is 174 Å². The maximum absolute atomic E-state index is 13.0. The van der Waals surface area contributed by atoms with Crippen molar-refractivity contribution in [2.45, 2.75) is 0 Å². The average molecular weight is 463 g/mol. The second-order valence-corrected chi connectivity index (χ2v) is 7.32. The molecule has 2 aromatic carbocycles. The van der Waals surface area contributed by atoms with Gasteiger partial charge in [-0.1, -0.05) is 0 Å². The number of nitrogens with zero attached hydrogens (tertiary/aromatic N) is 1. The van der Waals surface area contributed by atoms with Crippen molar-refractivity contribution in [3.8, 4) is 22.8 Å².